The van der Waals surface area contributed by atoms with E-state index in [1.165, 1.54) is 0 Å². The third kappa shape index (κ3) is 3.84. The van der Waals surface area contributed by atoms with Gasteiger partial charge in [-0.1, -0.05) is 22.9 Å². The summed E-state index contributed by atoms with van der Waals surface area (Å²) in [7, 11) is 1.71. The minimum absolute atomic E-state index is 0. The van der Waals surface area contributed by atoms with E-state index >= 15 is 0 Å². The van der Waals surface area contributed by atoms with E-state index in [9.17, 15) is 4.79 Å². The molecular formula is C14H12ClINO2Y-. The predicted molar refractivity (Wildman–Crippen MR) is 84.9 cm³/mol. The number of rotatable bonds is 3. The molecule has 0 bridgehead atoms. The molecule has 2 aromatic rings. The number of ether oxygens (including phenoxy) is 1. The molecular weight excluding hydrogens is 465 g/mol. The van der Waals surface area contributed by atoms with Crippen LogP contribution in [0.15, 0.2) is 29.1 Å². The molecule has 0 spiro atoms. The van der Waals surface area contributed by atoms with Crippen LogP contribution < -0.4 is 10.3 Å². The first-order valence-corrected chi connectivity index (χ1v) is 7.20. The van der Waals surface area contributed by atoms with E-state index in [4.69, 9.17) is 16.3 Å². The van der Waals surface area contributed by atoms with Crippen molar-refractivity contribution in [2.75, 3.05) is 6.61 Å². The SMILES string of the molecule is CCOc1ccc(-c2[c-]cc(I)c(=O)n2C)c(Cl)c1.[Y]. The summed E-state index contributed by atoms with van der Waals surface area (Å²) in [4.78, 5) is 11.9. The Labute approximate surface area is 161 Å². The number of benzene rings is 1. The van der Waals surface area contributed by atoms with Gasteiger partial charge in [-0.15, -0.1) is 28.7 Å². The molecule has 0 amide bonds. The molecule has 2 rings (SSSR count). The molecule has 1 heterocycles. The average molecular weight is 478 g/mol. The summed E-state index contributed by atoms with van der Waals surface area (Å²) in [6.07, 6.45) is 0. The van der Waals surface area contributed by atoms with Gasteiger partial charge < -0.3 is 9.30 Å². The first-order chi connectivity index (χ1) is 9.04. The second-order valence-electron chi connectivity index (χ2n) is 3.92. The third-order valence-corrected chi connectivity index (χ3v) is 3.77. The molecule has 1 aromatic heterocycles. The maximum Gasteiger partial charge on any atom is 0.207 e. The van der Waals surface area contributed by atoms with Crippen molar-refractivity contribution in [2.45, 2.75) is 6.92 Å². The zero-order chi connectivity index (χ0) is 14.0. The van der Waals surface area contributed by atoms with E-state index in [1.54, 1.807) is 23.7 Å². The molecule has 0 atom stereocenters. The molecule has 1 radical (unpaired) electrons. The number of hydrogen-bond acceptors (Lipinski definition) is 2. The molecule has 0 saturated carbocycles. The summed E-state index contributed by atoms with van der Waals surface area (Å²) in [5, 5.41) is 0.540. The molecule has 0 unspecified atom stereocenters. The smallest absolute Gasteiger partial charge is 0.207 e. The number of nitrogens with zero attached hydrogens (tertiary/aromatic N) is 1. The van der Waals surface area contributed by atoms with Crippen LogP contribution in [0.5, 0.6) is 5.75 Å². The summed E-state index contributed by atoms with van der Waals surface area (Å²) < 4.78 is 7.56. The topological polar surface area (TPSA) is 31.2 Å². The maximum absolute atomic E-state index is 11.9. The van der Waals surface area contributed by atoms with Gasteiger partial charge >= 0.3 is 0 Å². The molecule has 103 valence electrons. The third-order valence-electron chi connectivity index (χ3n) is 2.69. The van der Waals surface area contributed by atoms with Crippen molar-refractivity contribution >= 4 is 34.2 Å². The molecule has 0 fully saturated rings. The van der Waals surface area contributed by atoms with Crippen molar-refractivity contribution in [3.63, 3.8) is 0 Å². The molecule has 20 heavy (non-hydrogen) atoms. The van der Waals surface area contributed by atoms with E-state index in [2.05, 4.69) is 6.07 Å². The number of aromatic nitrogens is 1. The fourth-order valence-corrected chi connectivity index (χ4v) is 2.53. The maximum atomic E-state index is 11.9. The van der Waals surface area contributed by atoms with Crippen LogP contribution in [0.4, 0.5) is 0 Å². The molecule has 0 aliphatic rings. The van der Waals surface area contributed by atoms with Crippen LogP contribution in [-0.4, -0.2) is 11.2 Å². The number of pyridine rings is 1. The first kappa shape index (κ1) is 18.1. The molecule has 1 aromatic carbocycles. The minimum atomic E-state index is -0.0562. The molecule has 3 nitrogen and oxygen atoms in total. The largest absolute Gasteiger partial charge is 0.494 e. The summed E-state index contributed by atoms with van der Waals surface area (Å²) >= 11 is 8.24. The Morgan fingerprint density at radius 1 is 1.45 bits per heavy atom. The second-order valence-corrected chi connectivity index (χ2v) is 5.49. The van der Waals surface area contributed by atoms with Crippen LogP contribution in [0.2, 0.25) is 5.02 Å². The standard InChI is InChI=1S/C14H12ClINO2.Y/c1-3-19-9-4-5-10(11(15)8-9)13-7-6-12(16)14(18)17(13)2;/h4-6,8H,3H2,1-2H3;/q-1;. The van der Waals surface area contributed by atoms with Gasteiger partial charge in [0.05, 0.1) is 6.61 Å². The monoisotopic (exact) mass is 477 g/mol. The van der Waals surface area contributed by atoms with Crippen LogP contribution in [0.1, 0.15) is 6.92 Å². The van der Waals surface area contributed by atoms with Crippen LogP contribution in [0.25, 0.3) is 11.3 Å². The van der Waals surface area contributed by atoms with Gasteiger partial charge in [0, 0.05) is 39.8 Å². The normalized spacial score (nSPS) is 10.0. The zero-order valence-corrected chi connectivity index (χ0v) is 16.9. The van der Waals surface area contributed by atoms with Crippen LogP contribution in [-0.2, 0) is 39.8 Å². The molecule has 0 N–H and O–H groups in total. The fourth-order valence-electron chi connectivity index (χ4n) is 1.75. The van der Waals surface area contributed by atoms with Gasteiger partial charge in [0.2, 0.25) is 5.56 Å². The van der Waals surface area contributed by atoms with Crippen molar-refractivity contribution in [1.82, 2.24) is 4.57 Å². The van der Waals surface area contributed by atoms with Gasteiger partial charge in [-0.05, 0) is 27.6 Å². The Morgan fingerprint density at radius 3 is 2.75 bits per heavy atom. The Bertz CT molecular complexity index is 673. The van der Waals surface area contributed by atoms with E-state index in [0.717, 1.165) is 5.56 Å². The van der Waals surface area contributed by atoms with Gasteiger partial charge in [-0.2, -0.15) is 12.1 Å². The summed E-state index contributed by atoms with van der Waals surface area (Å²) in [5.74, 6) is 0.715. The first-order valence-electron chi connectivity index (χ1n) is 5.74. The number of halogens is 2. The van der Waals surface area contributed by atoms with Gasteiger partial charge in [0.1, 0.15) is 5.75 Å². The predicted octanol–water partition coefficient (Wildman–Crippen LogP) is 3.51. The minimum Gasteiger partial charge on any atom is -0.494 e. The van der Waals surface area contributed by atoms with Crippen molar-refractivity contribution in [1.29, 1.82) is 0 Å². The van der Waals surface area contributed by atoms with Crippen LogP contribution in [0.3, 0.4) is 0 Å². The summed E-state index contributed by atoms with van der Waals surface area (Å²) in [6, 6.07) is 10.2. The van der Waals surface area contributed by atoms with E-state index < -0.39 is 0 Å². The Morgan fingerprint density at radius 2 is 2.15 bits per heavy atom. The van der Waals surface area contributed by atoms with Crippen molar-refractivity contribution in [3.8, 4) is 17.0 Å². The van der Waals surface area contributed by atoms with E-state index in [-0.39, 0.29) is 38.3 Å². The van der Waals surface area contributed by atoms with Crippen molar-refractivity contribution < 1.29 is 37.4 Å². The Kier molecular flexibility index (Phi) is 7.19. The van der Waals surface area contributed by atoms with E-state index in [0.29, 0.717) is 26.6 Å². The van der Waals surface area contributed by atoms with Crippen LogP contribution >= 0.6 is 34.2 Å². The zero-order valence-electron chi connectivity index (χ0n) is 11.1. The summed E-state index contributed by atoms with van der Waals surface area (Å²) in [5.41, 5.74) is 1.37. The van der Waals surface area contributed by atoms with Gasteiger partial charge in [-0.25, -0.2) is 0 Å². The van der Waals surface area contributed by atoms with Gasteiger partial charge in [0.15, 0.2) is 0 Å². The number of hydrogen-bond donors (Lipinski definition) is 0. The Balaban J connectivity index is 0.00000200. The van der Waals surface area contributed by atoms with Crippen molar-refractivity contribution in [3.05, 3.63) is 49.3 Å². The molecule has 0 saturated heterocycles. The average Bonchev–Trinajstić information content (AvgIpc) is 2.38. The quantitative estimate of drug-likeness (QED) is 0.501. The molecule has 0 aliphatic carbocycles. The molecule has 6 heteroatoms. The second kappa shape index (κ2) is 7.92. The van der Waals surface area contributed by atoms with E-state index in [1.807, 2.05) is 41.6 Å². The van der Waals surface area contributed by atoms with Crippen molar-refractivity contribution in [2.24, 2.45) is 7.05 Å². The molecule has 0 aliphatic heterocycles. The fraction of sp³-hybridized carbons (Fsp3) is 0.214. The van der Waals surface area contributed by atoms with Gasteiger partial charge in [0.25, 0.3) is 0 Å². The van der Waals surface area contributed by atoms with Gasteiger partial charge in [-0.3, -0.25) is 4.79 Å². The summed E-state index contributed by atoms with van der Waals surface area (Å²) in [6.45, 7) is 2.50. The van der Waals surface area contributed by atoms with Crippen LogP contribution in [0, 0.1) is 9.64 Å². The Hall–Kier alpha value is 0.0939.